The van der Waals surface area contributed by atoms with Crippen LogP contribution in [-0.4, -0.2) is 46.6 Å². The highest BCUT2D eigenvalue weighted by Gasteiger charge is 2.18. The van der Waals surface area contributed by atoms with Crippen LogP contribution >= 0.6 is 16.1 Å². The summed E-state index contributed by atoms with van der Waals surface area (Å²) in [4.78, 5) is 22.8. The monoisotopic (exact) mass is 224 g/mol. The van der Waals surface area contributed by atoms with E-state index in [-0.39, 0.29) is 0 Å². The minimum absolute atomic E-state index is 0.524. The topological polar surface area (TPSA) is 60.9 Å². The average molecular weight is 225 g/mol. The number of carbonyl (C=O) groups excluding carboxylic acids is 2. The standard InChI is InChI=1S/C5H9BrN2O3/c1-7(2)5(11)8(6)4(10)3-9/h9H,3H2,1-2H3. The van der Waals surface area contributed by atoms with Gasteiger partial charge in [0.2, 0.25) is 0 Å². The molecule has 0 aliphatic rings. The van der Waals surface area contributed by atoms with E-state index in [1.165, 1.54) is 19.0 Å². The van der Waals surface area contributed by atoms with Crippen molar-refractivity contribution in [3.63, 3.8) is 0 Å². The van der Waals surface area contributed by atoms with E-state index >= 15 is 0 Å². The molecule has 0 aliphatic carbocycles. The minimum atomic E-state index is -0.691. The maximum atomic E-state index is 10.9. The Bertz CT molecular complexity index is 171. The van der Waals surface area contributed by atoms with Gasteiger partial charge in [-0.25, -0.2) is 4.79 Å². The average Bonchev–Trinajstić information content (AvgIpc) is 2.00. The summed E-state index contributed by atoms with van der Waals surface area (Å²) in [6.07, 6.45) is 0. The fourth-order valence-electron chi connectivity index (χ4n) is 0.344. The van der Waals surface area contributed by atoms with Crippen LogP contribution in [0.1, 0.15) is 0 Å². The molecule has 0 aromatic heterocycles. The van der Waals surface area contributed by atoms with Gasteiger partial charge in [-0.15, -0.1) is 0 Å². The number of carbonyl (C=O) groups is 2. The molecular weight excluding hydrogens is 216 g/mol. The third kappa shape index (κ3) is 2.85. The molecule has 11 heavy (non-hydrogen) atoms. The molecule has 5 nitrogen and oxygen atoms in total. The van der Waals surface area contributed by atoms with Gasteiger partial charge in [-0.05, 0) is 0 Å². The van der Waals surface area contributed by atoms with Gasteiger partial charge in [0.15, 0.2) is 0 Å². The molecule has 0 aromatic carbocycles. The van der Waals surface area contributed by atoms with E-state index in [4.69, 9.17) is 5.11 Å². The van der Waals surface area contributed by atoms with E-state index in [1.807, 2.05) is 0 Å². The first-order valence-corrected chi connectivity index (χ1v) is 3.52. The number of aliphatic hydroxyl groups excluding tert-OH is 1. The number of halogens is 1. The molecule has 0 heterocycles. The predicted octanol–water partition coefficient (Wildman–Crippen LogP) is -0.201. The molecule has 0 saturated heterocycles. The number of rotatable bonds is 1. The lowest BCUT2D eigenvalue weighted by atomic mass is 10.6. The van der Waals surface area contributed by atoms with E-state index in [0.29, 0.717) is 3.93 Å². The second-order valence-electron chi connectivity index (χ2n) is 2.01. The predicted molar refractivity (Wildman–Crippen MR) is 41.9 cm³/mol. The van der Waals surface area contributed by atoms with E-state index < -0.39 is 18.5 Å². The molecule has 0 aliphatic heterocycles. The number of nitrogens with zero attached hydrogens (tertiary/aromatic N) is 2. The van der Waals surface area contributed by atoms with Gasteiger partial charge in [0.05, 0.1) is 16.1 Å². The normalized spacial score (nSPS) is 9.09. The molecule has 0 fully saturated rings. The highest BCUT2D eigenvalue weighted by Crippen LogP contribution is 2.01. The summed E-state index contributed by atoms with van der Waals surface area (Å²) in [6, 6.07) is -0.524. The molecule has 0 atom stereocenters. The Hall–Kier alpha value is -0.620. The van der Waals surface area contributed by atoms with Crippen LogP contribution in [0.2, 0.25) is 0 Å². The Balaban J connectivity index is 4.13. The Morgan fingerprint density at radius 1 is 1.45 bits per heavy atom. The van der Waals surface area contributed by atoms with Crippen molar-refractivity contribution in [3.8, 4) is 0 Å². The van der Waals surface area contributed by atoms with Gasteiger partial charge >= 0.3 is 6.03 Å². The molecule has 0 unspecified atom stereocenters. The van der Waals surface area contributed by atoms with Crippen molar-refractivity contribution >= 4 is 28.1 Å². The van der Waals surface area contributed by atoms with Crippen molar-refractivity contribution in [3.05, 3.63) is 0 Å². The van der Waals surface area contributed by atoms with Crippen LogP contribution in [0.4, 0.5) is 4.79 Å². The summed E-state index contributed by atoms with van der Waals surface area (Å²) in [7, 11) is 3.00. The van der Waals surface area contributed by atoms with E-state index in [0.717, 1.165) is 0 Å². The zero-order valence-electron chi connectivity index (χ0n) is 6.24. The SMILES string of the molecule is CN(C)C(=O)N(Br)C(=O)CO. The van der Waals surface area contributed by atoms with Crippen LogP contribution in [0.5, 0.6) is 0 Å². The van der Waals surface area contributed by atoms with Crippen molar-refractivity contribution in [2.45, 2.75) is 0 Å². The van der Waals surface area contributed by atoms with Crippen LogP contribution < -0.4 is 0 Å². The molecule has 0 bridgehead atoms. The summed E-state index contributed by atoms with van der Waals surface area (Å²) in [6.45, 7) is -0.690. The Morgan fingerprint density at radius 3 is 2.18 bits per heavy atom. The van der Waals surface area contributed by atoms with Gasteiger partial charge in [-0.2, -0.15) is 3.93 Å². The molecule has 0 saturated carbocycles. The number of urea groups is 1. The van der Waals surface area contributed by atoms with Gasteiger partial charge in [0.25, 0.3) is 5.91 Å². The largest absolute Gasteiger partial charge is 0.386 e. The quantitative estimate of drug-likeness (QED) is 0.628. The lowest BCUT2D eigenvalue weighted by Gasteiger charge is -2.16. The second-order valence-corrected chi connectivity index (χ2v) is 2.72. The first kappa shape index (κ1) is 10.4. The maximum absolute atomic E-state index is 10.9. The molecule has 6 heteroatoms. The maximum Gasteiger partial charge on any atom is 0.336 e. The summed E-state index contributed by atoms with van der Waals surface area (Å²) < 4.78 is 0.674. The van der Waals surface area contributed by atoms with Crippen molar-refractivity contribution < 1.29 is 14.7 Å². The zero-order valence-corrected chi connectivity index (χ0v) is 7.83. The first-order chi connectivity index (χ1) is 5.00. The van der Waals surface area contributed by atoms with Crippen molar-refractivity contribution in [1.29, 1.82) is 0 Å². The number of imide groups is 1. The number of amides is 3. The second kappa shape index (κ2) is 4.30. The van der Waals surface area contributed by atoms with Crippen LogP contribution in [0, 0.1) is 0 Å². The van der Waals surface area contributed by atoms with Gasteiger partial charge in [0.1, 0.15) is 6.61 Å². The van der Waals surface area contributed by atoms with Gasteiger partial charge in [-0.3, -0.25) is 4.79 Å². The summed E-state index contributed by atoms with van der Waals surface area (Å²) in [5.74, 6) is -0.691. The van der Waals surface area contributed by atoms with Crippen molar-refractivity contribution in [1.82, 2.24) is 8.83 Å². The number of hydrogen-bond donors (Lipinski definition) is 1. The molecule has 0 aromatic rings. The van der Waals surface area contributed by atoms with Crippen molar-refractivity contribution in [2.75, 3.05) is 20.7 Å². The smallest absolute Gasteiger partial charge is 0.336 e. The van der Waals surface area contributed by atoms with E-state index in [2.05, 4.69) is 16.1 Å². The minimum Gasteiger partial charge on any atom is -0.386 e. The fourth-order valence-corrected chi connectivity index (χ4v) is 0.774. The Morgan fingerprint density at radius 2 is 1.91 bits per heavy atom. The molecule has 0 rings (SSSR count). The highest BCUT2D eigenvalue weighted by atomic mass is 79.9. The summed E-state index contributed by atoms with van der Waals surface area (Å²) >= 11 is 2.70. The van der Waals surface area contributed by atoms with Crippen LogP contribution in [-0.2, 0) is 4.79 Å². The van der Waals surface area contributed by atoms with Crippen LogP contribution in [0.15, 0.2) is 0 Å². The van der Waals surface area contributed by atoms with E-state index in [9.17, 15) is 9.59 Å². The molecule has 3 amide bonds. The van der Waals surface area contributed by atoms with Gasteiger partial charge in [0, 0.05) is 14.1 Å². The number of hydrogen-bond acceptors (Lipinski definition) is 3. The van der Waals surface area contributed by atoms with Gasteiger partial charge in [-0.1, -0.05) is 0 Å². The van der Waals surface area contributed by atoms with Crippen molar-refractivity contribution in [2.24, 2.45) is 0 Å². The molecule has 0 radical (unpaired) electrons. The molecule has 64 valence electrons. The zero-order chi connectivity index (χ0) is 9.02. The lowest BCUT2D eigenvalue weighted by molar-refractivity contribution is -0.126. The Kier molecular flexibility index (Phi) is 4.06. The number of aliphatic hydroxyl groups is 1. The Labute approximate surface area is 72.9 Å². The fraction of sp³-hybridized carbons (Fsp3) is 0.600. The van der Waals surface area contributed by atoms with Crippen LogP contribution in [0.25, 0.3) is 0 Å². The molecular formula is C5H9BrN2O3. The molecule has 1 N–H and O–H groups in total. The summed E-state index contributed by atoms with van der Waals surface area (Å²) in [5.41, 5.74) is 0. The highest BCUT2D eigenvalue weighted by molar-refractivity contribution is 9.08. The third-order valence-corrected chi connectivity index (χ3v) is 1.60. The van der Waals surface area contributed by atoms with E-state index in [1.54, 1.807) is 0 Å². The third-order valence-electron chi connectivity index (χ3n) is 0.905. The van der Waals surface area contributed by atoms with Gasteiger partial charge < -0.3 is 10.0 Å². The lowest BCUT2D eigenvalue weighted by Crippen LogP contribution is -2.37. The van der Waals surface area contributed by atoms with Crippen LogP contribution in [0.3, 0.4) is 0 Å². The summed E-state index contributed by atoms with van der Waals surface area (Å²) in [5, 5.41) is 8.34. The first-order valence-electron chi connectivity index (χ1n) is 2.81. The molecule has 0 spiro atoms.